The van der Waals surface area contributed by atoms with E-state index in [0.29, 0.717) is 13.1 Å². The quantitative estimate of drug-likeness (QED) is 0.811. The fourth-order valence-corrected chi connectivity index (χ4v) is 3.27. The third-order valence-electron chi connectivity index (χ3n) is 4.80. The van der Waals surface area contributed by atoms with Gasteiger partial charge in [0.2, 0.25) is 5.91 Å². The highest BCUT2D eigenvalue weighted by Gasteiger charge is 2.21. The van der Waals surface area contributed by atoms with Crippen molar-refractivity contribution in [3.05, 3.63) is 66.2 Å². The molecule has 0 radical (unpaired) electrons. The topological polar surface area (TPSA) is 26.8 Å². The summed E-state index contributed by atoms with van der Waals surface area (Å²) in [7, 11) is 0. The normalized spacial score (nSPS) is 15.2. The molecule has 0 saturated carbocycles. The molecule has 0 spiro atoms. The Labute approximate surface area is 150 Å². The highest BCUT2D eigenvalue weighted by molar-refractivity contribution is 5.78. The third kappa shape index (κ3) is 4.83. The molecule has 3 rings (SSSR count). The SMILES string of the molecule is CCN(Cc1ccccc1)C(=O)CN1CCN(c2ccccc2)CC1. The van der Waals surface area contributed by atoms with Gasteiger partial charge in [-0.25, -0.2) is 0 Å². The number of likely N-dealkylation sites (N-methyl/N-ethyl adjacent to an activating group) is 1. The number of amides is 1. The minimum atomic E-state index is 0.222. The highest BCUT2D eigenvalue weighted by atomic mass is 16.2. The van der Waals surface area contributed by atoms with Gasteiger partial charge in [0.15, 0.2) is 0 Å². The van der Waals surface area contributed by atoms with Gasteiger partial charge in [-0.2, -0.15) is 0 Å². The fourth-order valence-electron chi connectivity index (χ4n) is 3.27. The molecule has 132 valence electrons. The summed E-state index contributed by atoms with van der Waals surface area (Å²) >= 11 is 0. The average molecular weight is 337 g/mol. The molecule has 1 aliphatic rings. The minimum Gasteiger partial charge on any atom is -0.369 e. The largest absolute Gasteiger partial charge is 0.369 e. The predicted molar refractivity (Wildman–Crippen MR) is 103 cm³/mol. The van der Waals surface area contributed by atoms with Crippen molar-refractivity contribution < 1.29 is 4.79 Å². The minimum absolute atomic E-state index is 0.222. The van der Waals surface area contributed by atoms with Crippen LogP contribution in [0.3, 0.4) is 0 Å². The van der Waals surface area contributed by atoms with Gasteiger partial charge >= 0.3 is 0 Å². The Morgan fingerprint density at radius 2 is 1.52 bits per heavy atom. The second kappa shape index (κ2) is 8.67. The molecule has 4 heteroatoms. The van der Waals surface area contributed by atoms with Gasteiger partial charge in [0.1, 0.15) is 0 Å². The molecule has 4 nitrogen and oxygen atoms in total. The van der Waals surface area contributed by atoms with Crippen LogP contribution in [0.1, 0.15) is 12.5 Å². The molecule has 1 fully saturated rings. The first kappa shape index (κ1) is 17.5. The second-order valence-electron chi connectivity index (χ2n) is 6.49. The van der Waals surface area contributed by atoms with Gasteiger partial charge in [-0.1, -0.05) is 48.5 Å². The molecule has 0 N–H and O–H groups in total. The van der Waals surface area contributed by atoms with Gasteiger partial charge in [-0.3, -0.25) is 9.69 Å². The van der Waals surface area contributed by atoms with E-state index in [-0.39, 0.29) is 5.91 Å². The number of rotatable bonds is 6. The van der Waals surface area contributed by atoms with E-state index in [1.54, 1.807) is 0 Å². The number of piperazine rings is 1. The number of hydrogen-bond donors (Lipinski definition) is 0. The van der Waals surface area contributed by atoms with Gasteiger partial charge in [0.25, 0.3) is 0 Å². The second-order valence-corrected chi connectivity index (χ2v) is 6.49. The Morgan fingerprint density at radius 3 is 2.12 bits per heavy atom. The van der Waals surface area contributed by atoms with Crippen LogP contribution in [0.25, 0.3) is 0 Å². The van der Waals surface area contributed by atoms with Gasteiger partial charge in [0.05, 0.1) is 6.54 Å². The van der Waals surface area contributed by atoms with E-state index in [1.807, 2.05) is 36.1 Å². The van der Waals surface area contributed by atoms with Crippen LogP contribution in [-0.4, -0.2) is 55.0 Å². The lowest BCUT2D eigenvalue weighted by atomic mass is 10.2. The Kier molecular flexibility index (Phi) is 6.07. The van der Waals surface area contributed by atoms with Crippen molar-refractivity contribution in [1.29, 1.82) is 0 Å². The number of anilines is 1. The fraction of sp³-hybridized carbons (Fsp3) is 0.381. The summed E-state index contributed by atoms with van der Waals surface area (Å²) < 4.78 is 0. The van der Waals surface area contributed by atoms with Crippen LogP contribution in [0.5, 0.6) is 0 Å². The number of nitrogens with zero attached hydrogens (tertiary/aromatic N) is 3. The Bertz CT molecular complexity index is 651. The molecule has 2 aromatic carbocycles. The van der Waals surface area contributed by atoms with Crippen molar-refractivity contribution in [1.82, 2.24) is 9.80 Å². The molecule has 0 aromatic heterocycles. The van der Waals surface area contributed by atoms with Gasteiger partial charge in [-0.05, 0) is 24.6 Å². The van der Waals surface area contributed by atoms with Crippen LogP contribution >= 0.6 is 0 Å². The standard InChI is InChI=1S/C21H27N3O/c1-2-23(17-19-9-5-3-6-10-19)21(25)18-22-13-15-24(16-14-22)20-11-7-4-8-12-20/h3-12H,2,13-18H2,1H3. The van der Waals surface area contributed by atoms with Crippen molar-refractivity contribution in [3.8, 4) is 0 Å². The van der Waals surface area contributed by atoms with Crippen molar-refractivity contribution in [2.45, 2.75) is 13.5 Å². The van der Waals surface area contributed by atoms with E-state index in [4.69, 9.17) is 0 Å². The molecule has 1 saturated heterocycles. The van der Waals surface area contributed by atoms with E-state index < -0.39 is 0 Å². The van der Waals surface area contributed by atoms with E-state index in [1.165, 1.54) is 11.3 Å². The number of benzene rings is 2. The Balaban J connectivity index is 1.49. The summed E-state index contributed by atoms with van der Waals surface area (Å²) in [6.07, 6.45) is 0. The molecule has 0 unspecified atom stereocenters. The van der Waals surface area contributed by atoms with Crippen LogP contribution < -0.4 is 4.90 Å². The molecule has 2 aromatic rings. The van der Waals surface area contributed by atoms with Crippen molar-refractivity contribution >= 4 is 11.6 Å². The van der Waals surface area contributed by atoms with E-state index in [9.17, 15) is 4.79 Å². The van der Waals surface area contributed by atoms with E-state index >= 15 is 0 Å². The number of carbonyl (C=O) groups is 1. The van der Waals surface area contributed by atoms with E-state index in [2.05, 4.69) is 46.2 Å². The van der Waals surface area contributed by atoms with Crippen molar-refractivity contribution in [2.24, 2.45) is 0 Å². The Hall–Kier alpha value is -2.33. The molecule has 0 aliphatic carbocycles. The summed E-state index contributed by atoms with van der Waals surface area (Å²) in [5, 5.41) is 0. The van der Waals surface area contributed by atoms with E-state index in [0.717, 1.165) is 32.7 Å². The zero-order chi connectivity index (χ0) is 17.5. The van der Waals surface area contributed by atoms with Crippen LogP contribution in [0.15, 0.2) is 60.7 Å². The van der Waals surface area contributed by atoms with Gasteiger partial charge < -0.3 is 9.80 Å². The van der Waals surface area contributed by atoms with Crippen molar-refractivity contribution in [3.63, 3.8) is 0 Å². The van der Waals surface area contributed by atoms with Crippen molar-refractivity contribution in [2.75, 3.05) is 44.2 Å². The molecule has 25 heavy (non-hydrogen) atoms. The molecule has 1 aliphatic heterocycles. The summed E-state index contributed by atoms with van der Waals surface area (Å²) in [5.41, 5.74) is 2.46. The lowest BCUT2D eigenvalue weighted by molar-refractivity contribution is -0.132. The maximum absolute atomic E-state index is 12.7. The Morgan fingerprint density at radius 1 is 0.920 bits per heavy atom. The van der Waals surface area contributed by atoms with Crippen LogP contribution in [0.2, 0.25) is 0 Å². The molecule has 0 bridgehead atoms. The molecule has 1 amide bonds. The molecule has 1 heterocycles. The predicted octanol–water partition coefficient (Wildman–Crippen LogP) is 2.86. The van der Waals surface area contributed by atoms with Crippen LogP contribution in [0, 0.1) is 0 Å². The first-order chi connectivity index (χ1) is 12.3. The maximum atomic E-state index is 12.7. The highest BCUT2D eigenvalue weighted by Crippen LogP contribution is 2.15. The molecular weight excluding hydrogens is 310 g/mol. The first-order valence-electron chi connectivity index (χ1n) is 9.10. The average Bonchev–Trinajstić information content (AvgIpc) is 2.68. The number of carbonyl (C=O) groups excluding carboxylic acids is 1. The summed E-state index contributed by atoms with van der Waals surface area (Å²) in [4.78, 5) is 19.3. The summed E-state index contributed by atoms with van der Waals surface area (Å²) in [5.74, 6) is 0.222. The van der Waals surface area contributed by atoms with Gasteiger partial charge in [-0.15, -0.1) is 0 Å². The summed E-state index contributed by atoms with van der Waals surface area (Å²) in [6.45, 7) is 7.83. The van der Waals surface area contributed by atoms with Crippen LogP contribution in [-0.2, 0) is 11.3 Å². The monoisotopic (exact) mass is 337 g/mol. The smallest absolute Gasteiger partial charge is 0.237 e. The van der Waals surface area contributed by atoms with Crippen LogP contribution in [0.4, 0.5) is 5.69 Å². The number of para-hydroxylation sites is 1. The lowest BCUT2D eigenvalue weighted by Crippen LogP contribution is -2.50. The zero-order valence-corrected chi connectivity index (χ0v) is 15.0. The summed E-state index contributed by atoms with van der Waals surface area (Å²) in [6, 6.07) is 20.7. The first-order valence-corrected chi connectivity index (χ1v) is 9.10. The third-order valence-corrected chi connectivity index (χ3v) is 4.80. The lowest BCUT2D eigenvalue weighted by Gasteiger charge is -2.36. The van der Waals surface area contributed by atoms with Gasteiger partial charge in [0, 0.05) is 45.0 Å². The number of hydrogen-bond acceptors (Lipinski definition) is 3. The molecular formula is C21H27N3O. The molecule has 0 atom stereocenters. The zero-order valence-electron chi connectivity index (χ0n) is 15.0. The maximum Gasteiger partial charge on any atom is 0.237 e.